The molecule has 3 aromatic heterocycles. The Hall–Kier alpha value is -3.00. The number of fused-ring (bicyclic) bond motifs is 1. The third kappa shape index (κ3) is 3.31. The van der Waals surface area contributed by atoms with E-state index >= 15 is 0 Å². The highest BCUT2D eigenvalue weighted by molar-refractivity contribution is 6.04. The van der Waals surface area contributed by atoms with E-state index in [2.05, 4.69) is 20.7 Å². The normalized spacial score (nSPS) is 15.1. The number of nitrogens with one attached hydrogen (secondary N) is 2. The van der Waals surface area contributed by atoms with Gasteiger partial charge in [-0.05, 0) is 64.4 Å². The largest absolute Gasteiger partial charge is 0.317 e. The summed E-state index contributed by atoms with van der Waals surface area (Å²) in [5.74, 6) is -0.0640. The van der Waals surface area contributed by atoms with E-state index in [4.69, 9.17) is 0 Å². The number of carbonyl (C=O) groups is 1. The standard InChI is InChI=1S/C20H24N6O2/c1-12-6-9-25(15-4-7-21-8-5-15)20(28)18(12)19(27)23-16-11-17-22-13(2)10-14(3)26(17)24-16/h6,9-11,15,21H,4-5,7-8H2,1-3H3,(H,23,24,27). The molecule has 8 heteroatoms. The molecule has 2 N–H and O–H groups in total. The quantitative estimate of drug-likeness (QED) is 0.725. The Morgan fingerprint density at radius 1 is 1.21 bits per heavy atom. The van der Waals surface area contributed by atoms with Crippen LogP contribution in [0.4, 0.5) is 5.82 Å². The number of hydrogen-bond acceptors (Lipinski definition) is 5. The zero-order valence-corrected chi connectivity index (χ0v) is 16.3. The number of rotatable bonds is 3. The maximum atomic E-state index is 13.0. The van der Waals surface area contributed by atoms with Gasteiger partial charge in [0.2, 0.25) is 0 Å². The van der Waals surface area contributed by atoms with Crippen molar-refractivity contribution in [3.05, 3.63) is 57.3 Å². The summed E-state index contributed by atoms with van der Waals surface area (Å²) in [5, 5.41) is 10.5. The lowest BCUT2D eigenvalue weighted by Crippen LogP contribution is -2.37. The predicted octanol–water partition coefficient (Wildman–Crippen LogP) is 1.99. The van der Waals surface area contributed by atoms with Crippen LogP contribution in [0.25, 0.3) is 5.65 Å². The van der Waals surface area contributed by atoms with Crippen molar-refractivity contribution in [2.75, 3.05) is 18.4 Å². The van der Waals surface area contributed by atoms with Crippen LogP contribution in [0.5, 0.6) is 0 Å². The fourth-order valence-corrected chi connectivity index (χ4v) is 3.82. The van der Waals surface area contributed by atoms with Crippen molar-refractivity contribution in [3.63, 3.8) is 0 Å². The van der Waals surface area contributed by atoms with Crippen LogP contribution in [0.1, 0.15) is 46.2 Å². The van der Waals surface area contributed by atoms with Crippen LogP contribution in [-0.4, -0.2) is 38.2 Å². The summed E-state index contributed by atoms with van der Waals surface area (Å²) < 4.78 is 3.37. The molecule has 4 heterocycles. The summed E-state index contributed by atoms with van der Waals surface area (Å²) in [6.45, 7) is 7.37. The summed E-state index contributed by atoms with van der Waals surface area (Å²) in [5.41, 5.74) is 3.03. The Bertz CT molecular complexity index is 1110. The summed E-state index contributed by atoms with van der Waals surface area (Å²) in [6.07, 6.45) is 3.55. The second-order valence-electron chi connectivity index (χ2n) is 7.36. The lowest BCUT2D eigenvalue weighted by atomic mass is 10.0. The van der Waals surface area contributed by atoms with Gasteiger partial charge in [0.25, 0.3) is 11.5 Å². The topological polar surface area (TPSA) is 93.3 Å². The Morgan fingerprint density at radius 2 is 1.96 bits per heavy atom. The molecule has 1 amide bonds. The van der Waals surface area contributed by atoms with Crippen molar-refractivity contribution >= 4 is 17.4 Å². The Morgan fingerprint density at radius 3 is 2.71 bits per heavy atom. The fourth-order valence-electron chi connectivity index (χ4n) is 3.82. The van der Waals surface area contributed by atoms with Gasteiger partial charge in [-0.15, -0.1) is 5.10 Å². The highest BCUT2D eigenvalue weighted by Gasteiger charge is 2.22. The smallest absolute Gasteiger partial charge is 0.263 e. The maximum absolute atomic E-state index is 13.0. The third-order valence-corrected chi connectivity index (χ3v) is 5.23. The van der Waals surface area contributed by atoms with Gasteiger partial charge in [-0.25, -0.2) is 9.50 Å². The monoisotopic (exact) mass is 380 g/mol. The first-order valence-electron chi connectivity index (χ1n) is 9.52. The second-order valence-corrected chi connectivity index (χ2v) is 7.36. The minimum atomic E-state index is -0.441. The number of carbonyl (C=O) groups excluding carboxylic acids is 1. The minimum Gasteiger partial charge on any atom is -0.317 e. The number of aryl methyl sites for hydroxylation is 3. The van der Waals surface area contributed by atoms with E-state index in [1.807, 2.05) is 26.0 Å². The molecule has 8 nitrogen and oxygen atoms in total. The van der Waals surface area contributed by atoms with Crippen molar-refractivity contribution in [1.82, 2.24) is 24.5 Å². The van der Waals surface area contributed by atoms with Gasteiger partial charge < -0.3 is 15.2 Å². The second kappa shape index (κ2) is 7.20. The number of aromatic nitrogens is 4. The molecule has 3 aromatic rings. The van der Waals surface area contributed by atoms with Crippen LogP contribution >= 0.6 is 0 Å². The third-order valence-electron chi connectivity index (χ3n) is 5.23. The van der Waals surface area contributed by atoms with Crippen molar-refractivity contribution in [2.24, 2.45) is 0 Å². The molecule has 0 spiro atoms. The van der Waals surface area contributed by atoms with Crippen molar-refractivity contribution in [1.29, 1.82) is 0 Å². The van der Waals surface area contributed by atoms with E-state index in [1.165, 1.54) is 0 Å². The van der Waals surface area contributed by atoms with E-state index < -0.39 is 5.91 Å². The zero-order valence-electron chi connectivity index (χ0n) is 16.3. The molecule has 0 radical (unpaired) electrons. The molecule has 0 aromatic carbocycles. The number of hydrogen-bond donors (Lipinski definition) is 2. The average molecular weight is 380 g/mol. The zero-order chi connectivity index (χ0) is 19.8. The minimum absolute atomic E-state index is 0.117. The molecule has 0 unspecified atom stereocenters. The van der Waals surface area contributed by atoms with Crippen LogP contribution in [0.2, 0.25) is 0 Å². The van der Waals surface area contributed by atoms with E-state index in [-0.39, 0.29) is 17.2 Å². The molecule has 1 saturated heterocycles. The van der Waals surface area contributed by atoms with Crippen molar-refractivity contribution < 1.29 is 4.79 Å². The van der Waals surface area contributed by atoms with Crippen LogP contribution in [0.15, 0.2) is 29.2 Å². The molecule has 4 rings (SSSR count). The summed E-state index contributed by atoms with van der Waals surface area (Å²) in [7, 11) is 0. The van der Waals surface area contributed by atoms with E-state index in [9.17, 15) is 9.59 Å². The van der Waals surface area contributed by atoms with Crippen LogP contribution < -0.4 is 16.2 Å². The Labute approximate surface area is 162 Å². The highest BCUT2D eigenvalue weighted by atomic mass is 16.2. The van der Waals surface area contributed by atoms with Crippen LogP contribution in [0.3, 0.4) is 0 Å². The van der Waals surface area contributed by atoms with Gasteiger partial charge in [-0.2, -0.15) is 0 Å². The van der Waals surface area contributed by atoms with E-state index in [1.54, 1.807) is 28.3 Å². The first kappa shape index (κ1) is 18.4. The van der Waals surface area contributed by atoms with E-state index in [0.29, 0.717) is 17.0 Å². The molecular formula is C20H24N6O2. The predicted molar refractivity (Wildman–Crippen MR) is 107 cm³/mol. The number of anilines is 1. The molecule has 28 heavy (non-hydrogen) atoms. The Balaban J connectivity index is 1.66. The van der Waals surface area contributed by atoms with Gasteiger partial charge >= 0.3 is 0 Å². The summed E-state index contributed by atoms with van der Waals surface area (Å²) in [6, 6.07) is 5.58. The molecule has 1 aliphatic heterocycles. The lowest BCUT2D eigenvalue weighted by Gasteiger charge is -2.25. The number of amides is 1. The molecular weight excluding hydrogens is 356 g/mol. The highest BCUT2D eigenvalue weighted by Crippen LogP contribution is 2.18. The molecule has 146 valence electrons. The molecule has 0 saturated carbocycles. The average Bonchev–Trinajstić information content (AvgIpc) is 3.05. The van der Waals surface area contributed by atoms with Crippen LogP contribution in [0, 0.1) is 20.8 Å². The lowest BCUT2D eigenvalue weighted by molar-refractivity contribution is 0.102. The van der Waals surface area contributed by atoms with Crippen molar-refractivity contribution in [2.45, 2.75) is 39.7 Å². The van der Waals surface area contributed by atoms with Gasteiger partial charge in [-0.1, -0.05) is 0 Å². The van der Waals surface area contributed by atoms with Gasteiger partial charge in [0.05, 0.1) is 0 Å². The number of piperidine rings is 1. The van der Waals surface area contributed by atoms with Crippen molar-refractivity contribution in [3.8, 4) is 0 Å². The molecule has 0 aliphatic carbocycles. The number of pyridine rings is 1. The maximum Gasteiger partial charge on any atom is 0.263 e. The number of nitrogens with zero attached hydrogens (tertiary/aromatic N) is 4. The molecule has 0 bridgehead atoms. The van der Waals surface area contributed by atoms with Gasteiger partial charge in [-0.3, -0.25) is 9.59 Å². The summed E-state index contributed by atoms with van der Waals surface area (Å²) >= 11 is 0. The van der Waals surface area contributed by atoms with Gasteiger partial charge in [0, 0.05) is 29.7 Å². The fraction of sp³-hybridized carbons (Fsp3) is 0.400. The van der Waals surface area contributed by atoms with E-state index in [0.717, 1.165) is 37.3 Å². The van der Waals surface area contributed by atoms with Crippen LogP contribution in [-0.2, 0) is 0 Å². The Kier molecular flexibility index (Phi) is 4.72. The van der Waals surface area contributed by atoms with Gasteiger partial charge in [0.1, 0.15) is 5.56 Å². The molecule has 1 fully saturated rings. The summed E-state index contributed by atoms with van der Waals surface area (Å²) in [4.78, 5) is 30.4. The van der Waals surface area contributed by atoms with Gasteiger partial charge in [0.15, 0.2) is 11.5 Å². The first-order valence-corrected chi connectivity index (χ1v) is 9.52. The molecule has 1 aliphatic rings. The SMILES string of the molecule is Cc1cc(C)n2nc(NC(=O)c3c(C)ccn(C4CCNCC4)c3=O)cc2n1. The molecule has 0 atom stereocenters. The first-order chi connectivity index (χ1) is 13.4.